The molecule has 2 aromatic rings. The van der Waals surface area contributed by atoms with Gasteiger partial charge in [-0.2, -0.15) is 0 Å². The average molecular weight is 390 g/mol. The van der Waals surface area contributed by atoms with Gasteiger partial charge in [-0.3, -0.25) is 4.79 Å². The van der Waals surface area contributed by atoms with Crippen LogP contribution in [0.1, 0.15) is 15.9 Å². The van der Waals surface area contributed by atoms with Gasteiger partial charge in [-0.15, -0.1) is 0 Å². The quantitative estimate of drug-likeness (QED) is 0.748. The molecular weight excluding hydrogens is 362 g/mol. The standard InChI is InChI=1S/C20H27N3O3S/c1-22(2)18(14-16-8-6-5-7-9-16)15-21-20(24)17-10-12-19(13-11-17)27(25,26)23(3)4/h5-13,18H,14-15H2,1-4H3,(H,21,24)/t18-/m0/s1. The largest absolute Gasteiger partial charge is 0.350 e. The molecule has 0 unspecified atom stereocenters. The number of carbonyl (C=O) groups excluding carboxylic acids is 1. The summed E-state index contributed by atoms with van der Waals surface area (Å²) < 4.78 is 25.3. The van der Waals surface area contributed by atoms with Crippen LogP contribution in [-0.2, 0) is 16.4 Å². The lowest BCUT2D eigenvalue weighted by Gasteiger charge is -2.25. The van der Waals surface area contributed by atoms with E-state index >= 15 is 0 Å². The lowest BCUT2D eigenvalue weighted by atomic mass is 10.1. The molecule has 1 N–H and O–H groups in total. The minimum Gasteiger partial charge on any atom is -0.350 e. The number of sulfonamides is 1. The molecule has 0 fully saturated rings. The van der Waals surface area contributed by atoms with Gasteiger partial charge < -0.3 is 10.2 Å². The third-order valence-electron chi connectivity index (χ3n) is 4.44. The zero-order chi connectivity index (χ0) is 20.0. The molecule has 0 aliphatic rings. The molecule has 27 heavy (non-hydrogen) atoms. The fraction of sp³-hybridized carbons (Fsp3) is 0.350. The maximum Gasteiger partial charge on any atom is 0.251 e. The van der Waals surface area contributed by atoms with E-state index in [2.05, 4.69) is 22.3 Å². The fourth-order valence-corrected chi connectivity index (χ4v) is 3.53. The molecule has 0 aliphatic heterocycles. The number of nitrogens with zero attached hydrogens (tertiary/aromatic N) is 2. The Labute approximate surface area is 161 Å². The third kappa shape index (κ3) is 5.63. The number of hydrogen-bond donors (Lipinski definition) is 1. The second kappa shape index (κ2) is 9.12. The topological polar surface area (TPSA) is 69.7 Å². The van der Waals surface area contributed by atoms with Gasteiger partial charge in [0, 0.05) is 32.2 Å². The van der Waals surface area contributed by atoms with E-state index in [4.69, 9.17) is 0 Å². The summed E-state index contributed by atoms with van der Waals surface area (Å²) in [5.74, 6) is -0.219. The van der Waals surface area contributed by atoms with Crippen LogP contribution in [0.2, 0.25) is 0 Å². The molecule has 0 saturated heterocycles. The van der Waals surface area contributed by atoms with Crippen molar-refractivity contribution in [2.75, 3.05) is 34.7 Å². The first-order valence-corrected chi connectivity index (χ1v) is 10.2. The zero-order valence-electron chi connectivity index (χ0n) is 16.2. The van der Waals surface area contributed by atoms with Crippen LogP contribution in [-0.4, -0.2) is 64.3 Å². The van der Waals surface area contributed by atoms with E-state index in [1.54, 1.807) is 0 Å². The summed E-state index contributed by atoms with van der Waals surface area (Å²) in [7, 11) is 3.43. The fourth-order valence-electron chi connectivity index (χ4n) is 2.63. The zero-order valence-corrected chi connectivity index (χ0v) is 17.0. The summed E-state index contributed by atoms with van der Waals surface area (Å²) in [6.07, 6.45) is 0.828. The van der Waals surface area contributed by atoms with Gasteiger partial charge in [-0.25, -0.2) is 12.7 Å². The van der Waals surface area contributed by atoms with Crippen LogP contribution >= 0.6 is 0 Å². The number of nitrogens with one attached hydrogen (secondary N) is 1. The molecule has 6 nitrogen and oxygen atoms in total. The number of benzene rings is 2. The van der Waals surface area contributed by atoms with E-state index in [1.165, 1.54) is 43.9 Å². The van der Waals surface area contributed by atoms with Crippen molar-refractivity contribution in [3.63, 3.8) is 0 Å². The molecule has 2 aromatic carbocycles. The molecule has 7 heteroatoms. The van der Waals surface area contributed by atoms with Crippen LogP contribution in [0.5, 0.6) is 0 Å². The predicted molar refractivity (Wildman–Crippen MR) is 107 cm³/mol. The average Bonchev–Trinajstić information content (AvgIpc) is 2.65. The van der Waals surface area contributed by atoms with Crippen molar-refractivity contribution in [2.24, 2.45) is 0 Å². The molecule has 0 aliphatic carbocycles. The monoisotopic (exact) mass is 389 g/mol. The number of hydrogen-bond acceptors (Lipinski definition) is 4. The van der Waals surface area contributed by atoms with Crippen LogP contribution in [0.4, 0.5) is 0 Å². The van der Waals surface area contributed by atoms with Crippen LogP contribution in [0.25, 0.3) is 0 Å². The highest BCUT2D eigenvalue weighted by Crippen LogP contribution is 2.14. The van der Waals surface area contributed by atoms with Gasteiger partial charge in [0.2, 0.25) is 10.0 Å². The van der Waals surface area contributed by atoms with E-state index in [1.807, 2.05) is 32.3 Å². The molecule has 1 amide bonds. The van der Waals surface area contributed by atoms with Crippen LogP contribution in [0, 0.1) is 0 Å². The Bertz CT molecular complexity index is 848. The Morgan fingerprint density at radius 2 is 1.56 bits per heavy atom. The molecule has 0 heterocycles. The van der Waals surface area contributed by atoms with Gasteiger partial charge in [0.15, 0.2) is 0 Å². The highest BCUT2D eigenvalue weighted by Gasteiger charge is 2.18. The summed E-state index contributed by atoms with van der Waals surface area (Å²) in [4.78, 5) is 14.7. The van der Waals surface area contributed by atoms with Gasteiger partial charge in [0.25, 0.3) is 5.91 Å². The summed E-state index contributed by atoms with van der Waals surface area (Å²) in [5, 5.41) is 2.94. The smallest absolute Gasteiger partial charge is 0.251 e. The second-order valence-electron chi connectivity index (χ2n) is 6.83. The Hall–Kier alpha value is -2.22. The SMILES string of the molecule is CN(C)[C@H](CNC(=O)c1ccc(S(=O)(=O)N(C)C)cc1)Cc1ccccc1. The number of amides is 1. The molecule has 0 bridgehead atoms. The predicted octanol–water partition coefficient (Wildman–Crippen LogP) is 1.84. The van der Waals surface area contributed by atoms with Crippen molar-refractivity contribution in [2.45, 2.75) is 17.4 Å². The Kier molecular flexibility index (Phi) is 7.12. The molecule has 146 valence electrons. The van der Waals surface area contributed by atoms with Crippen LogP contribution < -0.4 is 5.32 Å². The Morgan fingerprint density at radius 3 is 2.07 bits per heavy atom. The maximum atomic E-state index is 12.4. The number of rotatable bonds is 8. The third-order valence-corrected chi connectivity index (χ3v) is 6.27. The molecular formula is C20H27N3O3S. The maximum absolute atomic E-state index is 12.4. The van der Waals surface area contributed by atoms with Gasteiger partial charge in [-0.05, 0) is 50.3 Å². The first kappa shape index (κ1) is 21.1. The van der Waals surface area contributed by atoms with Gasteiger partial charge in [0.1, 0.15) is 0 Å². The van der Waals surface area contributed by atoms with E-state index in [0.717, 1.165) is 10.7 Å². The van der Waals surface area contributed by atoms with Crippen molar-refractivity contribution in [1.82, 2.24) is 14.5 Å². The van der Waals surface area contributed by atoms with Crippen molar-refractivity contribution >= 4 is 15.9 Å². The van der Waals surface area contributed by atoms with Crippen LogP contribution in [0.3, 0.4) is 0 Å². The van der Waals surface area contributed by atoms with E-state index in [0.29, 0.717) is 12.1 Å². The van der Waals surface area contributed by atoms with Crippen molar-refractivity contribution in [3.8, 4) is 0 Å². The number of likely N-dealkylation sites (N-methyl/N-ethyl adjacent to an activating group) is 1. The molecule has 0 spiro atoms. The minimum absolute atomic E-state index is 0.157. The molecule has 2 rings (SSSR count). The molecule has 0 aromatic heterocycles. The first-order chi connectivity index (χ1) is 12.7. The summed E-state index contributed by atoms with van der Waals surface area (Å²) in [6.45, 7) is 0.498. The summed E-state index contributed by atoms with van der Waals surface area (Å²) in [5.41, 5.74) is 1.65. The summed E-state index contributed by atoms with van der Waals surface area (Å²) in [6, 6.07) is 16.3. The van der Waals surface area contributed by atoms with Crippen molar-refractivity contribution in [3.05, 3.63) is 65.7 Å². The van der Waals surface area contributed by atoms with Gasteiger partial charge >= 0.3 is 0 Å². The molecule has 1 atom stereocenters. The molecule has 0 radical (unpaired) electrons. The lowest BCUT2D eigenvalue weighted by Crippen LogP contribution is -2.41. The lowest BCUT2D eigenvalue weighted by molar-refractivity contribution is 0.0941. The minimum atomic E-state index is -3.50. The van der Waals surface area contributed by atoms with Gasteiger partial charge in [0.05, 0.1) is 4.90 Å². The highest BCUT2D eigenvalue weighted by atomic mass is 32.2. The Morgan fingerprint density at radius 1 is 0.963 bits per heavy atom. The van der Waals surface area contributed by atoms with E-state index in [-0.39, 0.29) is 16.8 Å². The normalized spacial score (nSPS) is 13.0. The van der Waals surface area contributed by atoms with Crippen molar-refractivity contribution in [1.29, 1.82) is 0 Å². The second-order valence-corrected chi connectivity index (χ2v) is 8.98. The Balaban J connectivity index is 2.01. The first-order valence-electron chi connectivity index (χ1n) is 8.73. The highest BCUT2D eigenvalue weighted by molar-refractivity contribution is 7.89. The molecule has 0 saturated carbocycles. The summed E-state index contributed by atoms with van der Waals surface area (Å²) >= 11 is 0. The van der Waals surface area contributed by atoms with Gasteiger partial charge in [-0.1, -0.05) is 30.3 Å². The van der Waals surface area contributed by atoms with Crippen molar-refractivity contribution < 1.29 is 13.2 Å². The van der Waals surface area contributed by atoms with Crippen LogP contribution in [0.15, 0.2) is 59.5 Å². The van der Waals surface area contributed by atoms with E-state index < -0.39 is 10.0 Å². The number of carbonyl (C=O) groups is 1. The van der Waals surface area contributed by atoms with E-state index in [9.17, 15) is 13.2 Å².